The van der Waals surface area contributed by atoms with E-state index in [2.05, 4.69) is 25.7 Å². The first-order chi connectivity index (χ1) is 8.65. The maximum Gasteiger partial charge on any atom is 0.185 e. The van der Waals surface area contributed by atoms with Crippen molar-refractivity contribution in [3.8, 4) is 0 Å². The van der Waals surface area contributed by atoms with Crippen molar-refractivity contribution in [3.05, 3.63) is 10.6 Å². The lowest BCUT2D eigenvalue weighted by Crippen LogP contribution is -2.27. The summed E-state index contributed by atoms with van der Waals surface area (Å²) in [6.07, 6.45) is 4.64. The van der Waals surface area contributed by atoms with Gasteiger partial charge in [-0.15, -0.1) is 0 Å². The highest BCUT2D eigenvalue weighted by molar-refractivity contribution is 7.15. The molecule has 4 heteroatoms. The molecule has 0 amide bonds. The van der Waals surface area contributed by atoms with Crippen LogP contribution in [0.5, 0.6) is 0 Å². The topological polar surface area (TPSA) is 42.2 Å². The first kappa shape index (κ1) is 13.8. The minimum Gasteiger partial charge on any atom is -0.348 e. The molecule has 2 atom stereocenters. The number of aryl methyl sites for hydroxylation is 1. The van der Waals surface area contributed by atoms with E-state index in [0.29, 0.717) is 0 Å². The number of rotatable bonds is 5. The molecule has 0 fully saturated rings. The molecule has 1 aromatic rings. The summed E-state index contributed by atoms with van der Waals surface area (Å²) < 4.78 is 0. The fraction of sp³-hybridized carbons (Fsp3) is 0.786. The summed E-state index contributed by atoms with van der Waals surface area (Å²) in [4.78, 5) is 8.56. The number of thiazole rings is 1. The van der Waals surface area contributed by atoms with Crippen molar-refractivity contribution in [1.82, 2.24) is 4.98 Å². The van der Waals surface area contributed by atoms with Gasteiger partial charge in [0.25, 0.3) is 0 Å². The van der Waals surface area contributed by atoms with Gasteiger partial charge in [-0.3, -0.25) is 0 Å². The number of nitrogens with zero attached hydrogens (tertiary/aromatic N) is 2. The van der Waals surface area contributed by atoms with E-state index in [1.165, 1.54) is 28.5 Å². The number of hydrogen-bond donors (Lipinski definition) is 1. The van der Waals surface area contributed by atoms with Crippen LogP contribution in [0.1, 0.15) is 56.6 Å². The summed E-state index contributed by atoms with van der Waals surface area (Å²) >= 11 is 1.82. The Bertz CT molecular complexity index is 388. The lowest BCUT2D eigenvalue weighted by atomic mass is 9.99. The number of hydrogen-bond acceptors (Lipinski definition) is 4. The van der Waals surface area contributed by atoms with E-state index in [0.717, 1.165) is 31.8 Å². The highest BCUT2D eigenvalue weighted by Crippen LogP contribution is 2.36. The second-order valence-electron chi connectivity index (χ2n) is 5.36. The van der Waals surface area contributed by atoms with Crippen molar-refractivity contribution in [1.29, 1.82) is 0 Å². The molecule has 0 bridgehead atoms. The van der Waals surface area contributed by atoms with Crippen LogP contribution in [0.15, 0.2) is 0 Å². The molecule has 0 aliphatic heterocycles. The summed E-state index contributed by atoms with van der Waals surface area (Å²) in [5.41, 5.74) is 7.44. The Kier molecular flexibility index (Phi) is 4.62. The Morgan fingerprint density at radius 1 is 1.50 bits per heavy atom. The molecule has 0 spiro atoms. The van der Waals surface area contributed by atoms with Crippen LogP contribution in [-0.4, -0.2) is 18.1 Å². The second-order valence-corrected chi connectivity index (χ2v) is 6.37. The predicted octanol–water partition coefficient (Wildman–Crippen LogP) is 3.35. The third kappa shape index (κ3) is 2.86. The molecule has 0 aromatic carbocycles. The Hall–Kier alpha value is -0.610. The standard InChI is InChI=1S/C14H25N3S/c1-4-10(3)9-17(5-2)14-16-12-8-6-7-11(15)13(12)18-14/h10-11H,4-9,15H2,1-3H3. The Morgan fingerprint density at radius 3 is 2.89 bits per heavy atom. The molecule has 1 heterocycles. The number of fused-ring (bicyclic) bond motifs is 1. The number of aromatic nitrogens is 1. The third-order valence-corrected chi connectivity index (χ3v) is 5.15. The van der Waals surface area contributed by atoms with Gasteiger partial charge in [0.1, 0.15) is 0 Å². The Balaban J connectivity index is 2.16. The van der Waals surface area contributed by atoms with Crippen molar-refractivity contribution in [3.63, 3.8) is 0 Å². The van der Waals surface area contributed by atoms with Gasteiger partial charge in [0.05, 0.1) is 5.69 Å². The van der Waals surface area contributed by atoms with Crippen LogP contribution in [0.3, 0.4) is 0 Å². The largest absolute Gasteiger partial charge is 0.348 e. The van der Waals surface area contributed by atoms with Gasteiger partial charge in [0.15, 0.2) is 5.13 Å². The molecular weight excluding hydrogens is 242 g/mol. The molecule has 102 valence electrons. The van der Waals surface area contributed by atoms with Gasteiger partial charge >= 0.3 is 0 Å². The molecule has 18 heavy (non-hydrogen) atoms. The van der Waals surface area contributed by atoms with Crippen LogP contribution in [0.2, 0.25) is 0 Å². The van der Waals surface area contributed by atoms with Gasteiger partial charge in [-0.05, 0) is 32.1 Å². The second kappa shape index (κ2) is 6.02. The van der Waals surface area contributed by atoms with Crippen LogP contribution >= 0.6 is 11.3 Å². The van der Waals surface area contributed by atoms with E-state index < -0.39 is 0 Å². The van der Waals surface area contributed by atoms with Crippen molar-refractivity contribution >= 4 is 16.5 Å². The fourth-order valence-electron chi connectivity index (χ4n) is 2.42. The highest BCUT2D eigenvalue weighted by atomic mass is 32.1. The highest BCUT2D eigenvalue weighted by Gasteiger charge is 2.23. The van der Waals surface area contributed by atoms with Gasteiger partial charge in [-0.2, -0.15) is 0 Å². The van der Waals surface area contributed by atoms with Gasteiger partial charge in [0, 0.05) is 24.0 Å². The molecule has 1 aliphatic carbocycles. The zero-order valence-corrected chi connectivity index (χ0v) is 12.6. The monoisotopic (exact) mass is 267 g/mol. The van der Waals surface area contributed by atoms with Gasteiger partial charge < -0.3 is 10.6 Å². The average Bonchev–Trinajstić information content (AvgIpc) is 2.80. The lowest BCUT2D eigenvalue weighted by molar-refractivity contribution is 0.546. The molecule has 2 rings (SSSR count). The minimum absolute atomic E-state index is 0.224. The van der Waals surface area contributed by atoms with Crippen LogP contribution in [0.4, 0.5) is 5.13 Å². The van der Waals surface area contributed by atoms with Crippen molar-refractivity contribution in [2.75, 3.05) is 18.0 Å². The van der Waals surface area contributed by atoms with Crippen molar-refractivity contribution < 1.29 is 0 Å². The van der Waals surface area contributed by atoms with Crippen LogP contribution in [-0.2, 0) is 6.42 Å². The summed E-state index contributed by atoms with van der Waals surface area (Å²) in [5.74, 6) is 0.722. The van der Waals surface area contributed by atoms with E-state index in [1.54, 1.807) is 0 Å². The van der Waals surface area contributed by atoms with Crippen LogP contribution < -0.4 is 10.6 Å². The lowest BCUT2D eigenvalue weighted by Gasteiger charge is -2.23. The quantitative estimate of drug-likeness (QED) is 0.889. The number of nitrogens with two attached hydrogens (primary N) is 1. The van der Waals surface area contributed by atoms with E-state index in [-0.39, 0.29) is 6.04 Å². The molecule has 3 nitrogen and oxygen atoms in total. The predicted molar refractivity (Wildman–Crippen MR) is 79.3 cm³/mol. The summed E-state index contributed by atoms with van der Waals surface area (Å²) in [7, 11) is 0. The molecule has 2 N–H and O–H groups in total. The normalized spacial score (nSPS) is 20.6. The zero-order valence-electron chi connectivity index (χ0n) is 11.8. The summed E-state index contributed by atoms with van der Waals surface area (Å²) in [6.45, 7) is 8.91. The molecule has 0 saturated heterocycles. The summed E-state index contributed by atoms with van der Waals surface area (Å²) in [6, 6.07) is 0.224. The molecule has 0 radical (unpaired) electrons. The molecule has 2 unspecified atom stereocenters. The van der Waals surface area contributed by atoms with E-state index in [9.17, 15) is 0 Å². The van der Waals surface area contributed by atoms with Crippen molar-refractivity contribution in [2.24, 2.45) is 11.7 Å². The van der Waals surface area contributed by atoms with Crippen LogP contribution in [0, 0.1) is 5.92 Å². The first-order valence-electron chi connectivity index (χ1n) is 7.15. The molecule has 1 aliphatic rings. The van der Waals surface area contributed by atoms with Crippen LogP contribution in [0.25, 0.3) is 0 Å². The minimum atomic E-state index is 0.224. The average molecular weight is 267 g/mol. The van der Waals surface area contributed by atoms with E-state index >= 15 is 0 Å². The smallest absolute Gasteiger partial charge is 0.185 e. The molecular formula is C14H25N3S. The maximum atomic E-state index is 6.18. The van der Waals surface area contributed by atoms with Gasteiger partial charge in [-0.1, -0.05) is 31.6 Å². The fourth-order valence-corrected chi connectivity index (χ4v) is 3.64. The SMILES string of the molecule is CCC(C)CN(CC)c1nc2c(s1)C(N)CCC2. The molecule has 0 saturated carbocycles. The first-order valence-corrected chi connectivity index (χ1v) is 7.97. The Labute approximate surface area is 114 Å². The summed E-state index contributed by atoms with van der Waals surface area (Å²) in [5, 5.41) is 1.18. The number of anilines is 1. The van der Waals surface area contributed by atoms with E-state index in [1.807, 2.05) is 11.3 Å². The van der Waals surface area contributed by atoms with E-state index in [4.69, 9.17) is 10.7 Å². The van der Waals surface area contributed by atoms with Gasteiger partial charge in [-0.25, -0.2) is 4.98 Å². The van der Waals surface area contributed by atoms with Gasteiger partial charge in [0.2, 0.25) is 0 Å². The third-order valence-electron chi connectivity index (χ3n) is 3.86. The van der Waals surface area contributed by atoms with Crippen molar-refractivity contribution in [2.45, 2.75) is 52.5 Å². The molecule has 1 aromatic heterocycles. The zero-order chi connectivity index (χ0) is 13.1. The Morgan fingerprint density at radius 2 is 2.28 bits per heavy atom. The maximum absolute atomic E-state index is 6.18.